The number of amides is 3. The lowest BCUT2D eigenvalue weighted by atomic mass is 9.90. The second-order valence-corrected chi connectivity index (χ2v) is 5.07. The molecule has 0 aliphatic carbocycles. The van der Waals surface area contributed by atoms with Crippen molar-refractivity contribution in [1.29, 1.82) is 0 Å². The molecule has 0 saturated carbocycles. The van der Waals surface area contributed by atoms with E-state index in [0.717, 1.165) is 0 Å². The quantitative estimate of drug-likeness (QED) is 0.531. The minimum absolute atomic E-state index is 0.173. The molecule has 1 aliphatic heterocycles. The van der Waals surface area contributed by atoms with Gasteiger partial charge in [0.05, 0.1) is 0 Å². The number of primary amides is 1. The van der Waals surface area contributed by atoms with Gasteiger partial charge < -0.3 is 26.2 Å². The second kappa shape index (κ2) is 5.43. The summed E-state index contributed by atoms with van der Waals surface area (Å²) in [6, 6.07) is -0.742. The van der Waals surface area contributed by atoms with E-state index in [1.54, 1.807) is 0 Å². The van der Waals surface area contributed by atoms with Gasteiger partial charge in [-0.1, -0.05) is 0 Å². The zero-order valence-corrected chi connectivity index (χ0v) is 11.0. The van der Waals surface area contributed by atoms with Crippen molar-refractivity contribution in [3.63, 3.8) is 0 Å². The zero-order valence-electron chi connectivity index (χ0n) is 11.0. The Morgan fingerprint density at radius 1 is 1.26 bits per heavy atom. The lowest BCUT2D eigenvalue weighted by Gasteiger charge is -2.35. The maximum atomic E-state index is 11.8. The lowest BCUT2D eigenvalue weighted by Crippen LogP contribution is -2.63. The fourth-order valence-corrected chi connectivity index (χ4v) is 1.71. The maximum absolute atomic E-state index is 11.8. The third-order valence-electron chi connectivity index (χ3n) is 3.15. The van der Waals surface area contributed by atoms with E-state index in [0.29, 0.717) is 0 Å². The highest BCUT2D eigenvalue weighted by molar-refractivity contribution is 5.91. The molecule has 1 fully saturated rings. The van der Waals surface area contributed by atoms with E-state index in [4.69, 9.17) is 10.5 Å². The molecule has 1 heterocycles. The molecule has 8 nitrogen and oxygen atoms in total. The highest BCUT2D eigenvalue weighted by Gasteiger charge is 2.42. The van der Waals surface area contributed by atoms with Gasteiger partial charge in [-0.3, -0.25) is 4.79 Å². The monoisotopic (exact) mass is 273 g/mol. The van der Waals surface area contributed by atoms with E-state index in [2.05, 4.69) is 10.6 Å². The van der Waals surface area contributed by atoms with E-state index in [-0.39, 0.29) is 26.1 Å². The van der Waals surface area contributed by atoms with Crippen LogP contribution in [0, 0.1) is 0 Å². The van der Waals surface area contributed by atoms with Crippen LogP contribution in [0.2, 0.25) is 0 Å². The van der Waals surface area contributed by atoms with Gasteiger partial charge in [0, 0.05) is 26.1 Å². The molecule has 3 amide bonds. The molecule has 108 valence electrons. The molecule has 0 aromatic heterocycles. The second-order valence-electron chi connectivity index (χ2n) is 5.07. The predicted octanol–water partition coefficient (Wildman–Crippen LogP) is -0.817. The first-order valence-electron chi connectivity index (χ1n) is 5.91. The number of urea groups is 1. The average Bonchev–Trinajstić information content (AvgIpc) is 2.28. The molecule has 5 N–H and O–H groups in total. The minimum Gasteiger partial charge on any atom is -0.480 e. The highest BCUT2D eigenvalue weighted by Crippen LogP contribution is 2.21. The summed E-state index contributed by atoms with van der Waals surface area (Å²) < 4.78 is 5.09. The van der Waals surface area contributed by atoms with Gasteiger partial charge in [-0.25, -0.2) is 9.59 Å². The Morgan fingerprint density at radius 3 is 2.21 bits per heavy atom. The van der Waals surface area contributed by atoms with Crippen LogP contribution in [-0.4, -0.2) is 47.3 Å². The van der Waals surface area contributed by atoms with Crippen LogP contribution in [0.5, 0.6) is 0 Å². The van der Waals surface area contributed by atoms with Crippen molar-refractivity contribution in [1.82, 2.24) is 10.6 Å². The Labute approximate surface area is 110 Å². The van der Waals surface area contributed by atoms with Gasteiger partial charge in [-0.05, 0) is 13.8 Å². The van der Waals surface area contributed by atoms with Gasteiger partial charge in [0.15, 0.2) is 0 Å². The molecule has 1 aliphatic rings. The first-order chi connectivity index (χ1) is 8.69. The van der Waals surface area contributed by atoms with Gasteiger partial charge in [0.25, 0.3) is 0 Å². The molecule has 1 saturated heterocycles. The molecular formula is C11H19N3O5. The number of aliphatic carboxylic acids is 1. The number of nitrogens with two attached hydrogens (primary N) is 1. The van der Waals surface area contributed by atoms with Gasteiger partial charge in [-0.2, -0.15) is 0 Å². The summed E-state index contributed by atoms with van der Waals surface area (Å²) in [5.74, 6) is -1.83. The lowest BCUT2D eigenvalue weighted by molar-refractivity contribution is -0.148. The van der Waals surface area contributed by atoms with Crippen molar-refractivity contribution < 1.29 is 24.2 Å². The van der Waals surface area contributed by atoms with Crippen molar-refractivity contribution in [2.45, 2.75) is 37.8 Å². The Kier molecular flexibility index (Phi) is 4.35. The number of ether oxygens (including phenoxy) is 1. The highest BCUT2D eigenvalue weighted by atomic mass is 16.5. The molecular weight excluding hydrogens is 254 g/mol. The molecule has 0 bridgehead atoms. The number of carboxylic acids is 1. The molecule has 1 rings (SSSR count). The summed E-state index contributed by atoms with van der Waals surface area (Å²) in [5.41, 5.74) is 2.51. The van der Waals surface area contributed by atoms with E-state index in [1.165, 1.54) is 13.8 Å². The van der Waals surface area contributed by atoms with E-state index in [9.17, 15) is 19.5 Å². The molecule has 0 unspecified atom stereocenters. The number of nitrogens with one attached hydrogen (secondary N) is 2. The van der Waals surface area contributed by atoms with E-state index >= 15 is 0 Å². The van der Waals surface area contributed by atoms with Crippen molar-refractivity contribution in [3.8, 4) is 0 Å². The van der Waals surface area contributed by atoms with Crippen LogP contribution in [0.1, 0.15) is 26.7 Å². The summed E-state index contributed by atoms with van der Waals surface area (Å²) >= 11 is 0. The third-order valence-corrected chi connectivity index (χ3v) is 3.15. The number of carboxylic acid groups (broad SMARTS) is 1. The first kappa shape index (κ1) is 15.2. The van der Waals surface area contributed by atoms with Crippen LogP contribution in [0.4, 0.5) is 4.79 Å². The summed E-state index contributed by atoms with van der Waals surface area (Å²) in [7, 11) is 0. The van der Waals surface area contributed by atoms with Gasteiger partial charge in [-0.15, -0.1) is 0 Å². The Morgan fingerprint density at radius 2 is 1.79 bits per heavy atom. The smallest absolute Gasteiger partial charge is 0.329 e. The van der Waals surface area contributed by atoms with Gasteiger partial charge in [0.1, 0.15) is 11.1 Å². The number of rotatable bonds is 4. The topological polar surface area (TPSA) is 131 Å². The van der Waals surface area contributed by atoms with Crippen LogP contribution < -0.4 is 16.4 Å². The normalized spacial score (nSPS) is 18.4. The van der Waals surface area contributed by atoms with Crippen molar-refractivity contribution in [3.05, 3.63) is 0 Å². The molecule has 0 spiro atoms. The number of hydrogen-bond donors (Lipinski definition) is 4. The molecule has 0 radical (unpaired) electrons. The molecule has 0 atom stereocenters. The standard InChI is InChI=1S/C11H19N3O5/c1-10(2,7(12)15)13-9(18)14-11(8(16)17)3-5-19-6-4-11/h3-6H2,1-2H3,(H2,12,15)(H,16,17)(H2,13,14,18). The van der Waals surface area contributed by atoms with Gasteiger partial charge >= 0.3 is 12.0 Å². The number of hydrogen-bond acceptors (Lipinski definition) is 4. The minimum atomic E-state index is -1.37. The van der Waals surface area contributed by atoms with Crippen molar-refractivity contribution in [2.75, 3.05) is 13.2 Å². The fraction of sp³-hybridized carbons (Fsp3) is 0.727. The molecule has 19 heavy (non-hydrogen) atoms. The third kappa shape index (κ3) is 3.57. The van der Waals surface area contributed by atoms with Crippen LogP contribution in [0.25, 0.3) is 0 Å². The summed E-state index contributed by atoms with van der Waals surface area (Å²) in [4.78, 5) is 34.2. The number of carbonyl (C=O) groups excluding carboxylic acids is 2. The maximum Gasteiger partial charge on any atom is 0.329 e. The Hall–Kier alpha value is -1.83. The first-order valence-corrected chi connectivity index (χ1v) is 5.91. The van der Waals surface area contributed by atoms with E-state index < -0.39 is 29.0 Å². The largest absolute Gasteiger partial charge is 0.480 e. The summed E-state index contributed by atoms with van der Waals surface area (Å²) in [6.07, 6.45) is 0.347. The molecule has 0 aromatic rings. The van der Waals surface area contributed by atoms with Crippen LogP contribution >= 0.6 is 0 Å². The number of carbonyl (C=O) groups is 3. The summed E-state index contributed by atoms with van der Waals surface area (Å²) in [5, 5.41) is 14.0. The summed E-state index contributed by atoms with van der Waals surface area (Å²) in [6.45, 7) is 3.39. The molecule has 0 aromatic carbocycles. The fourth-order valence-electron chi connectivity index (χ4n) is 1.71. The van der Waals surface area contributed by atoms with Crippen LogP contribution in [0.15, 0.2) is 0 Å². The zero-order chi connectivity index (χ0) is 14.7. The van der Waals surface area contributed by atoms with Crippen molar-refractivity contribution in [2.24, 2.45) is 5.73 Å². The van der Waals surface area contributed by atoms with Crippen molar-refractivity contribution >= 4 is 17.9 Å². The predicted molar refractivity (Wildman–Crippen MR) is 65.4 cm³/mol. The Bertz CT molecular complexity index is 388. The van der Waals surface area contributed by atoms with Crippen LogP contribution in [0.3, 0.4) is 0 Å². The Balaban J connectivity index is 2.73. The average molecular weight is 273 g/mol. The SMILES string of the molecule is CC(C)(NC(=O)NC1(C(=O)O)CCOCC1)C(N)=O. The van der Waals surface area contributed by atoms with E-state index in [1.807, 2.05) is 0 Å². The van der Waals surface area contributed by atoms with Crippen LogP contribution in [-0.2, 0) is 14.3 Å². The van der Waals surface area contributed by atoms with Gasteiger partial charge in [0.2, 0.25) is 5.91 Å². The molecule has 8 heteroatoms.